The maximum absolute atomic E-state index is 12.5. The lowest BCUT2D eigenvalue weighted by molar-refractivity contribution is -0.219. The number of halogens is 5. The number of nitrogens with one attached hydrogen (secondary N) is 2. The van der Waals surface area contributed by atoms with E-state index in [9.17, 15) is 26.4 Å². The summed E-state index contributed by atoms with van der Waals surface area (Å²) >= 11 is 11.9. The van der Waals surface area contributed by atoms with Crippen LogP contribution in [0.1, 0.15) is 0 Å². The summed E-state index contributed by atoms with van der Waals surface area (Å²) < 4.78 is 62.0. The van der Waals surface area contributed by atoms with E-state index in [1.807, 2.05) is 0 Å². The average molecular weight is 536 g/mol. The molecule has 0 fully saturated rings. The standard InChI is InChI=1S/C19H14Cl2F3N5O4S/c1-29(33-18(30)19(22,23)24)34(31,32)13-4-2-3-11(7-13)27-16-9-17(26-10-25-16)28-12-5-6-14(20)15(21)8-12/h2-10H,1H3,(H2,25,26,27,28). The quantitative estimate of drug-likeness (QED) is 0.410. The molecule has 0 atom stereocenters. The van der Waals surface area contributed by atoms with Crippen molar-refractivity contribution >= 4 is 62.2 Å². The molecule has 0 radical (unpaired) electrons. The van der Waals surface area contributed by atoms with Crippen LogP contribution in [0.25, 0.3) is 0 Å². The van der Waals surface area contributed by atoms with E-state index in [0.29, 0.717) is 28.6 Å². The number of aromatic nitrogens is 2. The summed E-state index contributed by atoms with van der Waals surface area (Å²) in [7, 11) is -3.91. The van der Waals surface area contributed by atoms with Gasteiger partial charge in [0.2, 0.25) is 0 Å². The van der Waals surface area contributed by atoms with E-state index in [-0.39, 0.29) is 16.0 Å². The van der Waals surface area contributed by atoms with Crippen LogP contribution in [0.15, 0.2) is 59.8 Å². The first kappa shape index (κ1) is 25.5. The van der Waals surface area contributed by atoms with Gasteiger partial charge in [-0.25, -0.2) is 23.2 Å². The summed E-state index contributed by atoms with van der Waals surface area (Å²) in [5.74, 6) is -2.03. The Morgan fingerprint density at radius 3 is 2.18 bits per heavy atom. The normalized spacial score (nSPS) is 11.9. The SMILES string of the molecule is CN(OC(=O)C(F)(F)F)S(=O)(=O)c1cccc(Nc2cc(Nc3ccc(Cl)c(Cl)c3)ncn2)c1. The number of sulfonamides is 1. The monoisotopic (exact) mass is 535 g/mol. The molecule has 15 heteroatoms. The third-order valence-electron chi connectivity index (χ3n) is 4.04. The van der Waals surface area contributed by atoms with Gasteiger partial charge in [-0.2, -0.15) is 13.2 Å². The second-order valence-electron chi connectivity index (χ2n) is 6.49. The lowest BCUT2D eigenvalue weighted by Crippen LogP contribution is -2.36. The molecule has 0 saturated heterocycles. The fraction of sp³-hybridized carbons (Fsp3) is 0.105. The van der Waals surface area contributed by atoms with Gasteiger partial charge in [0.25, 0.3) is 10.0 Å². The van der Waals surface area contributed by atoms with Crippen LogP contribution in [-0.2, 0) is 19.7 Å². The van der Waals surface area contributed by atoms with Crippen molar-refractivity contribution in [3.8, 4) is 0 Å². The molecule has 0 aliphatic rings. The van der Waals surface area contributed by atoms with E-state index in [4.69, 9.17) is 23.2 Å². The Labute approximate surface area is 201 Å². The Bertz CT molecular complexity index is 1330. The highest BCUT2D eigenvalue weighted by Crippen LogP contribution is 2.28. The van der Waals surface area contributed by atoms with E-state index < -0.39 is 27.1 Å². The summed E-state index contributed by atoms with van der Waals surface area (Å²) in [5, 5.41) is 6.58. The molecule has 0 amide bonds. The van der Waals surface area contributed by atoms with Crippen LogP contribution >= 0.6 is 23.2 Å². The fourth-order valence-electron chi connectivity index (χ4n) is 2.46. The number of hydroxylamine groups is 1. The Kier molecular flexibility index (Phi) is 7.51. The first-order valence-corrected chi connectivity index (χ1v) is 11.2. The minimum absolute atomic E-state index is 0.161. The second-order valence-corrected chi connectivity index (χ2v) is 9.24. The topological polar surface area (TPSA) is 114 Å². The van der Waals surface area contributed by atoms with Gasteiger partial charge in [0.15, 0.2) is 0 Å². The van der Waals surface area contributed by atoms with Crippen LogP contribution in [0.5, 0.6) is 0 Å². The number of hydrogen-bond acceptors (Lipinski definition) is 8. The molecule has 0 unspecified atom stereocenters. The summed E-state index contributed by atoms with van der Waals surface area (Å²) in [5.41, 5.74) is 0.833. The minimum atomic E-state index is -5.36. The molecule has 0 aliphatic carbocycles. The first-order chi connectivity index (χ1) is 15.9. The highest BCUT2D eigenvalue weighted by Gasteiger charge is 2.43. The summed E-state index contributed by atoms with van der Waals surface area (Å²) in [6.45, 7) is 0. The van der Waals surface area contributed by atoms with Gasteiger partial charge in [0.05, 0.1) is 14.9 Å². The van der Waals surface area contributed by atoms with Crippen molar-refractivity contribution in [3.05, 3.63) is 64.9 Å². The zero-order valence-electron chi connectivity index (χ0n) is 17.0. The van der Waals surface area contributed by atoms with E-state index in [1.54, 1.807) is 18.2 Å². The van der Waals surface area contributed by atoms with Gasteiger partial charge in [0.1, 0.15) is 18.0 Å². The third-order valence-corrected chi connectivity index (χ3v) is 6.38. The number of hydrogen-bond donors (Lipinski definition) is 2. The zero-order chi connectivity index (χ0) is 25.1. The van der Waals surface area contributed by atoms with Gasteiger partial charge < -0.3 is 15.5 Å². The van der Waals surface area contributed by atoms with Gasteiger partial charge in [0, 0.05) is 24.5 Å². The zero-order valence-corrected chi connectivity index (χ0v) is 19.3. The smallest absolute Gasteiger partial charge is 0.345 e. The lowest BCUT2D eigenvalue weighted by atomic mass is 10.3. The molecule has 2 aromatic carbocycles. The molecule has 3 aromatic rings. The van der Waals surface area contributed by atoms with Crippen molar-refractivity contribution in [1.82, 2.24) is 14.4 Å². The predicted molar refractivity (Wildman–Crippen MR) is 119 cm³/mol. The molecular formula is C19H14Cl2F3N5O4S. The third kappa shape index (κ3) is 6.26. The summed E-state index contributed by atoms with van der Waals surface area (Å²) in [6, 6.07) is 11.5. The van der Waals surface area contributed by atoms with Gasteiger partial charge in [-0.05, 0) is 40.9 Å². The summed E-state index contributed by atoms with van der Waals surface area (Å²) in [6.07, 6.45) is -4.11. The highest BCUT2D eigenvalue weighted by molar-refractivity contribution is 7.89. The van der Waals surface area contributed by atoms with Gasteiger partial charge >= 0.3 is 12.1 Å². The van der Waals surface area contributed by atoms with E-state index >= 15 is 0 Å². The predicted octanol–water partition coefficient (Wildman–Crippen LogP) is 4.91. The number of alkyl halides is 3. The Morgan fingerprint density at radius 1 is 0.971 bits per heavy atom. The lowest BCUT2D eigenvalue weighted by Gasteiger charge is -2.17. The molecule has 34 heavy (non-hydrogen) atoms. The first-order valence-electron chi connectivity index (χ1n) is 9.05. The molecule has 0 spiro atoms. The minimum Gasteiger partial charge on any atom is -0.345 e. The molecule has 9 nitrogen and oxygen atoms in total. The van der Waals surface area contributed by atoms with Crippen molar-refractivity contribution in [2.45, 2.75) is 11.1 Å². The highest BCUT2D eigenvalue weighted by atomic mass is 35.5. The van der Waals surface area contributed by atoms with Crippen molar-refractivity contribution in [3.63, 3.8) is 0 Å². The number of nitrogens with zero attached hydrogens (tertiary/aromatic N) is 3. The largest absolute Gasteiger partial charge is 0.492 e. The second kappa shape index (κ2) is 10.0. The average Bonchev–Trinajstić information content (AvgIpc) is 2.76. The maximum atomic E-state index is 12.5. The number of benzene rings is 2. The van der Waals surface area contributed by atoms with E-state index in [1.165, 1.54) is 24.5 Å². The Morgan fingerprint density at radius 2 is 1.59 bits per heavy atom. The number of carbonyl (C=O) groups excluding carboxylic acids is 1. The van der Waals surface area contributed by atoms with Crippen molar-refractivity contribution in [1.29, 1.82) is 0 Å². The van der Waals surface area contributed by atoms with Crippen LogP contribution in [0, 0.1) is 0 Å². The number of rotatable bonds is 7. The Balaban J connectivity index is 1.77. The Hall–Kier alpha value is -3.13. The molecule has 0 saturated carbocycles. The molecule has 1 heterocycles. The van der Waals surface area contributed by atoms with E-state index in [2.05, 4.69) is 25.4 Å². The fourth-order valence-corrected chi connectivity index (χ4v) is 3.75. The van der Waals surface area contributed by atoms with Crippen LogP contribution in [0.2, 0.25) is 10.0 Å². The molecule has 180 valence electrons. The maximum Gasteiger partial charge on any atom is 0.492 e. The van der Waals surface area contributed by atoms with Crippen molar-refractivity contribution in [2.24, 2.45) is 0 Å². The van der Waals surface area contributed by atoms with Crippen molar-refractivity contribution in [2.75, 3.05) is 17.7 Å². The van der Waals surface area contributed by atoms with Crippen molar-refractivity contribution < 1.29 is 31.2 Å². The molecule has 0 aliphatic heterocycles. The van der Waals surface area contributed by atoms with Gasteiger partial charge in [-0.3, -0.25) is 0 Å². The van der Waals surface area contributed by atoms with Crippen LogP contribution in [0.4, 0.5) is 36.2 Å². The number of anilines is 4. The molecule has 2 N–H and O–H groups in total. The molecule has 0 bridgehead atoms. The van der Waals surface area contributed by atoms with Gasteiger partial charge in [-0.1, -0.05) is 29.3 Å². The molecule has 3 rings (SSSR count). The summed E-state index contributed by atoms with van der Waals surface area (Å²) in [4.78, 5) is 22.5. The van der Waals surface area contributed by atoms with Crippen LogP contribution in [-0.4, -0.2) is 42.0 Å². The van der Waals surface area contributed by atoms with E-state index in [0.717, 1.165) is 12.1 Å². The van der Waals surface area contributed by atoms with Crippen LogP contribution in [0.3, 0.4) is 0 Å². The molecular weight excluding hydrogens is 522 g/mol. The molecule has 1 aromatic heterocycles. The van der Waals surface area contributed by atoms with Gasteiger partial charge in [-0.15, -0.1) is 0 Å². The van der Waals surface area contributed by atoms with Crippen LogP contribution < -0.4 is 10.6 Å². The number of carbonyl (C=O) groups is 1.